The number of amides is 1. The molecule has 26 heavy (non-hydrogen) atoms. The third kappa shape index (κ3) is 5.44. The van der Waals surface area contributed by atoms with Crippen LogP contribution in [0.5, 0.6) is 5.75 Å². The van der Waals surface area contributed by atoms with Crippen molar-refractivity contribution in [3.63, 3.8) is 0 Å². The molecule has 0 saturated carbocycles. The van der Waals surface area contributed by atoms with Crippen molar-refractivity contribution in [2.45, 2.75) is 25.9 Å². The molecule has 0 radical (unpaired) electrons. The standard InChI is InChI=1S/C20H21NO5/c1-14(20(24)21-16-10-6-7-11-18(16)25-2)26-19(23)13-12-17(22)15-8-4-3-5-9-15/h3-11,14H,12-13H2,1-2H3,(H,21,24)/t14-/m1/s1. The van der Waals surface area contributed by atoms with Crippen LogP contribution in [-0.4, -0.2) is 30.9 Å². The Morgan fingerprint density at radius 3 is 2.31 bits per heavy atom. The Labute approximate surface area is 152 Å². The SMILES string of the molecule is COc1ccccc1NC(=O)[C@@H](C)OC(=O)CCC(=O)c1ccccc1. The average Bonchev–Trinajstić information content (AvgIpc) is 2.67. The van der Waals surface area contributed by atoms with Crippen LogP contribution in [0.3, 0.4) is 0 Å². The van der Waals surface area contributed by atoms with E-state index in [-0.39, 0.29) is 18.6 Å². The predicted molar refractivity (Wildman–Crippen MR) is 97.2 cm³/mol. The summed E-state index contributed by atoms with van der Waals surface area (Å²) in [4.78, 5) is 36.0. The summed E-state index contributed by atoms with van der Waals surface area (Å²) in [6.45, 7) is 1.47. The Bertz CT molecular complexity index is 773. The molecule has 0 aromatic heterocycles. The Hall–Kier alpha value is -3.15. The van der Waals surface area contributed by atoms with Crippen molar-refractivity contribution in [3.8, 4) is 5.75 Å². The van der Waals surface area contributed by atoms with E-state index in [0.717, 1.165) is 0 Å². The molecule has 2 aromatic rings. The van der Waals surface area contributed by atoms with E-state index in [1.807, 2.05) is 6.07 Å². The fraction of sp³-hybridized carbons (Fsp3) is 0.250. The predicted octanol–water partition coefficient (Wildman–Crippen LogP) is 3.23. The first-order chi connectivity index (χ1) is 12.5. The van der Waals surface area contributed by atoms with Gasteiger partial charge in [0, 0.05) is 12.0 Å². The summed E-state index contributed by atoms with van der Waals surface area (Å²) in [5.41, 5.74) is 1.03. The lowest BCUT2D eigenvalue weighted by atomic mass is 10.1. The lowest BCUT2D eigenvalue weighted by Gasteiger charge is -2.15. The lowest BCUT2D eigenvalue weighted by Crippen LogP contribution is -2.30. The highest BCUT2D eigenvalue weighted by molar-refractivity contribution is 5.98. The highest BCUT2D eigenvalue weighted by atomic mass is 16.5. The minimum atomic E-state index is -0.987. The van der Waals surface area contributed by atoms with Crippen LogP contribution in [0.4, 0.5) is 5.69 Å². The van der Waals surface area contributed by atoms with Crippen LogP contribution < -0.4 is 10.1 Å². The summed E-state index contributed by atoms with van der Waals surface area (Å²) in [5.74, 6) is -0.712. The quantitative estimate of drug-likeness (QED) is 0.581. The molecule has 1 amide bonds. The third-order valence-electron chi connectivity index (χ3n) is 3.69. The van der Waals surface area contributed by atoms with Gasteiger partial charge in [-0.3, -0.25) is 14.4 Å². The van der Waals surface area contributed by atoms with E-state index in [0.29, 0.717) is 17.0 Å². The normalized spacial score (nSPS) is 11.3. The van der Waals surface area contributed by atoms with Crippen molar-refractivity contribution in [2.24, 2.45) is 0 Å². The second kappa shape index (κ2) is 9.36. The van der Waals surface area contributed by atoms with E-state index >= 15 is 0 Å². The Morgan fingerprint density at radius 2 is 1.62 bits per heavy atom. The third-order valence-corrected chi connectivity index (χ3v) is 3.69. The van der Waals surface area contributed by atoms with E-state index in [1.165, 1.54) is 14.0 Å². The Morgan fingerprint density at radius 1 is 0.962 bits per heavy atom. The van der Waals surface area contributed by atoms with Gasteiger partial charge in [-0.15, -0.1) is 0 Å². The number of methoxy groups -OCH3 is 1. The second-order valence-electron chi connectivity index (χ2n) is 5.61. The van der Waals surface area contributed by atoms with Crippen LogP contribution in [0.25, 0.3) is 0 Å². The lowest BCUT2D eigenvalue weighted by molar-refractivity contribution is -0.153. The Kier molecular flexibility index (Phi) is 6.91. The number of ketones is 1. The first-order valence-corrected chi connectivity index (χ1v) is 8.23. The molecule has 136 valence electrons. The van der Waals surface area contributed by atoms with Gasteiger partial charge in [0.25, 0.3) is 5.91 Å². The molecule has 0 spiro atoms. The molecule has 2 rings (SSSR count). The molecule has 0 aliphatic heterocycles. The van der Waals surface area contributed by atoms with Crippen LogP contribution in [0.2, 0.25) is 0 Å². The van der Waals surface area contributed by atoms with Gasteiger partial charge in [-0.25, -0.2) is 0 Å². The van der Waals surface area contributed by atoms with Gasteiger partial charge < -0.3 is 14.8 Å². The van der Waals surface area contributed by atoms with Crippen molar-refractivity contribution in [1.82, 2.24) is 0 Å². The van der Waals surface area contributed by atoms with Gasteiger partial charge in [0.1, 0.15) is 5.75 Å². The molecular weight excluding hydrogens is 334 g/mol. The van der Waals surface area contributed by atoms with Crippen molar-refractivity contribution >= 4 is 23.3 Å². The zero-order valence-corrected chi connectivity index (χ0v) is 14.7. The maximum absolute atomic E-state index is 12.2. The minimum absolute atomic E-state index is 0.0314. The van der Waals surface area contributed by atoms with E-state index < -0.39 is 18.0 Å². The summed E-state index contributed by atoms with van der Waals surface area (Å²) in [7, 11) is 1.50. The molecule has 1 atom stereocenters. The zero-order valence-electron chi connectivity index (χ0n) is 14.7. The van der Waals surface area contributed by atoms with Gasteiger partial charge in [-0.1, -0.05) is 42.5 Å². The van der Waals surface area contributed by atoms with E-state index in [4.69, 9.17) is 9.47 Å². The summed E-state index contributed by atoms with van der Waals surface area (Å²) >= 11 is 0. The van der Waals surface area contributed by atoms with Crippen LogP contribution in [-0.2, 0) is 14.3 Å². The highest BCUT2D eigenvalue weighted by Gasteiger charge is 2.19. The first kappa shape index (κ1) is 19.2. The number of esters is 1. The number of hydrogen-bond donors (Lipinski definition) is 1. The zero-order chi connectivity index (χ0) is 18.9. The van der Waals surface area contributed by atoms with Crippen molar-refractivity contribution in [2.75, 3.05) is 12.4 Å². The van der Waals surface area contributed by atoms with Gasteiger partial charge in [-0.2, -0.15) is 0 Å². The molecule has 0 unspecified atom stereocenters. The molecule has 0 saturated heterocycles. The number of anilines is 1. The molecule has 0 bridgehead atoms. The summed E-state index contributed by atoms with van der Waals surface area (Å²) in [5, 5.41) is 2.65. The van der Waals surface area contributed by atoms with Gasteiger partial charge in [0.05, 0.1) is 19.2 Å². The molecule has 6 heteroatoms. The van der Waals surface area contributed by atoms with Crippen molar-refractivity contribution in [1.29, 1.82) is 0 Å². The molecule has 0 fully saturated rings. The van der Waals surface area contributed by atoms with Gasteiger partial charge >= 0.3 is 5.97 Å². The Balaban J connectivity index is 1.82. The fourth-order valence-electron chi connectivity index (χ4n) is 2.28. The second-order valence-corrected chi connectivity index (χ2v) is 5.61. The number of carbonyl (C=O) groups excluding carboxylic acids is 3. The minimum Gasteiger partial charge on any atom is -0.495 e. The number of hydrogen-bond acceptors (Lipinski definition) is 5. The van der Waals surface area contributed by atoms with Gasteiger partial charge in [0.15, 0.2) is 11.9 Å². The number of carbonyl (C=O) groups is 3. The first-order valence-electron chi connectivity index (χ1n) is 8.23. The van der Waals surface area contributed by atoms with Crippen molar-refractivity contribution < 1.29 is 23.9 Å². The van der Waals surface area contributed by atoms with E-state index in [9.17, 15) is 14.4 Å². The van der Waals surface area contributed by atoms with Crippen LogP contribution in [0, 0.1) is 0 Å². The van der Waals surface area contributed by atoms with Crippen molar-refractivity contribution in [3.05, 3.63) is 60.2 Å². The summed E-state index contributed by atoms with van der Waals surface area (Å²) < 4.78 is 10.3. The monoisotopic (exact) mass is 355 g/mol. The van der Waals surface area contributed by atoms with Crippen LogP contribution in [0.15, 0.2) is 54.6 Å². The smallest absolute Gasteiger partial charge is 0.307 e. The number of ether oxygens (including phenoxy) is 2. The molecule has 0 heterocycles. The average molecular weight is 355 g/mol. The largest absolute Gasteiger partial charge is 0.495 e. The molecular formula is C20H21NO5. The van der Waals surface area contributed by atoms with E-state index in [1.54, 1.807) is 48.5 Å². The maximum Gasteiger partial charge on any atom is 0.307 e. The summed E-state index contributed by atoms with van der Waals surface area (Å²) in [6, 6.07) is 15.6. The number of Topliss-reactive ketones (excluding diaryl/α,β-unsaturated/α-hetero) is 1. The molecule has 2 aromatic carbocycles. The maximum atomic E-state index is 12.2. The number of para-hydroxylation sites is 2. The highest BCUT2D eigenvalue weighted by Crippen LogP contribution is 2.23. The summed E-state index contributed by atoms with van der Waals surface area (Å²) in [6.07, 6.45) is -1.04. The fourth-order valence-corrected chi connectivity index (χ4v) is 2.28. The van der Waals surface area contributed by atoms with Crippen LogP contribution in [0.1, 0.15) is 30.1 Å². The molecule has 0 aliphatic rings. The van der Waals surface area contributed by atoms with Crippen LogP contribution >= 0.6 is 0 Å². The molecule has 0 aliphatic carbocycles. The topological polar surface area (TPSA) is 81.7 Å². The van der Waals surface area contributed by atoms with Gasteiger partial charge in [0.2, 0.25) is 0 Å². The van der Waals surface area contributed by atoms with Gasteiger partial charge in [-0.05, 0) is 19.1 Å². The molecule has 6 nitrogen and oxygen atoms in total. The van der Waals surface area contributed by atoms with E-state index in [2.05, 4.69) is 5.32 Å². The number of nitrogens with one attached hydrogen (secondary N) is 1. The molecule has 1 N–H and O–H groups in total. The number of rotatable bonds is 8. The number of benzene rings is 2.